The Morgan fingerprint density at radius 2 is 1.88 bits per heavy atom. The van der Waals surface area contributed by atoms with Crippen molar-refractivity contribution in [2.45, 2.75) is 57.9 Å². The molecule has 0 unspecified atom stereocenters. The molecule has 1 fully saturated rings. The van der Waals surface area contributed by atoms with E-state index in [0.29, 0.717) is 31.8 Å². The van der Waals surface area contributed by atoms with Gasteiger partial charge in [-0.2, -0.15) is 0 Å². The predicted molar refractivity (Wildman–Crippen MR) is 94.7 cm³/mol. The Morgan fingerprint density at radius 3 is 2.50 bits per heavy atom. The fraction of sp³-hybridized carbons (Fsp3) is 0.684. The number of nitrogens with zero attached hydrogens (tertiary/aromatic N) is 1. The molecule has 1 aromatic rings. The number of hydrogen-bond donors (Lipinski definition) is 1. The maximum atomic E-state index is 10.3. The van der Waals surface area contributed by atoms with Gasteiger partial charge in [0.15, 0.2) is 0 Å². The third-order valence-electron chi connectivity index (χ3n) is 4.85. The maximum absolute atomic E-state index is 10.3. The Labute approximate surface area is 145 Å². The van der Waals surface area contributed by atoms with Crippen LogP contribution < -0.4 is 9.47 Å². The predicted octanol–water partition coefficient (Wildman–Crippen LogP) is 2.84. The first-order chi connectivity index (χ1) is 11.5. The Bertz CT molecular complexity index is 498. The molecule has 1 N–H and O–H groups in total. The zero-order valence-electron chi connectivity index (χ0n) is 15.3. The summed E-state index contributed by atoms with van der Waals surface area (Å²) in [5, 5.41) is 10.3. The fourth-order valence-corrected chi connectivity index (χ4v) is 3.43. The molecule has 1 heterocycles. The smallest absolute Gasteiger partial charge is 0.124 e. The molecule has 0 radical (unpaired) electrons. The zero-order valence-corrected chi connectivity index (χ0v) is 15.3. The van der Waals surface area contributed by atoms with Gasteiger partial charge in [0.05, 0.1) is 33.5 Å². The second kappa shape index (κ2) is 9.25. The lowest BCUT2D eigenvalue weighted by Gasteiger charge is -2.40. The summed E-state index contributed by atoms with van der Waals surface area (Å²) in [6.07, 6.45) is 3.21. The quantitative estimate of drug-likeness (QED) is 0.790. The first kappa shape index (κ1) is 19.0. The van der Waals surface area contributed by atoms with Crippen LogP contribution in [-0.4, -0.2) is 55.6 Å². The molecule has 0 bridgehead atoms. The highest BCUT2D eigenvalue weighted by Gasteiger charge is 2.26. The number of β-amino-alcohol motifs (C(OH)–C–C–N with tert-alkyl or cyclic N) is 1. The summed E-state index contributed by atoms with van der Waals surface area (Å²) in [4.78, 5) is 2.39. The Kier molecular flexibility index (Phi) is 7.34. The molecule has 1 aromatic carbocycles. The van der Waals surface area contributed by atoms with Crippen molar-refractivity contribution in [3.63, 3.8) is 0 Å². The lowest BCUT2D eigenvalue weighted by atomic mass is 9.97. The van der Waals surface area contributed by atoms with E-state index in [9.17, 15) is 5.11 Å². The molecule has 0 amide bonds. The average Bonchev–Trinajstić information content (AvgIpc) is 2.58. The number of likely N-dealkylation sites (tertiary alicyclic amines) is 1. The average molecular weight is 337 g/mol. The van der Waals surface area contributed by atoms with Crippen LogP contribution >= 0.6 is 0 Å². The summed E-state index contributed by atoms with van der Waals surface area (Å²) < 4.78 is 16.3. The second-order valence-corrected chi connectivity index (χ2v) is 6.67. The summed E-state index contributed by atoms with van der Waals surface area (Å²) in [6.45, 7) is 5.85. The van der Waals surface area contributed by atoms with Gasteiger partial charge in [-0.25, -0.2) is 0 Å². The number of rotatable bonds is 8. The summed E-state index contributed by atoms with van der Waals surface area (Å²) in [6, 6.07) is 6.69. The van der Waals surface area contributed by atoms with Crippen LogP contribution in [0.4, 0.5) is 0 Å². The van der Waals surface area contributed by atoms with Crippen molar-refractivity contribution in [2.75, 3.05) is 27.4 Å². The van der Waals surface area contributed by atoms with Crippen molar-refractivity contribution in [1.29, 1.82) is 0 Å². The molecule has 0 spiro atoms. The fourth-order valence-electron chi connectivity index (χ4n) is 3.43. The van der Waals surface area contributed by atoms with E-state index in [1.807, 2.05) is 18.2 Å². The van der Waals surface area contributed by atoms with Crippen LogP contribution in [0, 0.1) is 0 Å². The molecule has 0 aliphatic carbocycles. The van der Waals surface area contributed by atoms with Gasteiger partial charge in [-0.15, -0.1) is 0 Å². The largest absolute Gasteiger partial charge is 0.497 e. The number of hydrogen-bond acceptors (Lipinski definition) is 5. The normalized spacial score (nSPS) is 23.0. The van der Waals surface area contributed by atoms with Crippen LogP contribution in [0.1, 0.15) is 38.7 Å². The van der Waals surface area contributed by atoms with Crippen LogP contribution in [0.15, 0.2) is 18.2 Å². The molecule has 0 saturated carbocycles. The highest BCUT2D eigenvalue weighted by atomic mass is 16.5. The van der Waals surface area contributed by atoms with E-state index in [0.717, 1.165) is 17.1 Å². The lowest BCUT2D eigenvalue weighted by molar-refractivity contribution is -0.0138. The first-order valence-corrected chi connectivity index (χ1v) is 8.77. The minimum atomic E-state index is -0.482. The van der Waals surface area contributed by atoms with E-state index in [-0.39, 0.29) is 0 Å². The van der Waals surface area contributed by atoms with Crippen LogP contribution in [-0.2, 0) is 11.3 Å². The number of ether oxygens (including phenoxy) is 3. The van der Waals surface area contributed by atoms with Gasteiger partial charge in [-0.05, 0) is 44.9 Å². The van der Waals surface area contributed by atoms with Crippen LogP contribution in [0.2, 0.25) is 0 Å². The number of methoxy groups -OCH3 is 2. The lowest BCUT2D eigenvalue weighted by Crippen LogP contribution is -2.48. The van der Waals surface area contributed by atoms with Gasteiger partial charge >= 0.3 is 0 Å². The van der Waals surface area contributed by atoms with Gasteiger partial charge < -0.3 is 19.3 Å². The molecule has 5 heteroatoms. The van der Waals surface area contributed by atoms with Gasteiger partial charge in [0, 0.05) is 24.2 Å². The molecule has 5 nitrogen and oxygen atoms in total. The number of aliphatic hydroxyl groups excluding tert-OH is 1. The third kappa shape index (κ3) is 5.10. The van der Waals surface area contributed by atoms with Crippen molar-refractivity contribution in [3.8, 4) is 11.5 Å². The van der Waals surface area contributed by atoms with Crippen molar-refractivity contribution in [2.24, 2.45) is 0 Å². The number of aliphatic hydroxyl groups is 1. The third-order valence-corrected chi connectivity index (χ3v) is 4.85. The highest BCUT2D eigenvalue weighted by molar-refractivity contribution is 5.39. The van der Waals surface area contributed by atoms with Gasteiger partial charge in [-0.3, -0.25) is 4.90 Å². The standard InChI is InChI=1S/C19H31NO4/c1-14-6-5-7-15(2)20(14)11-17(21)13-24-12-16-10-18(22-3)8-9-19(16)23-4/h8-10,14-15,17,21H,5-7,11-13H2,1-4H3/t14-,15-,17-/m0/s1. The van der Waals surface area contributed by atoms with E-state index in [1.54, 1.807) is 14.2 Å². The molecule has 2 rings (SSSR count). The van der Waals surface area contributed by atoms with E-state index < -0.39 is 6.10 Å². The van der Waals surface area contributed by atoms with E-state index >= 15 is 0 Å². The summed E-state index contributed by atoms with van der Waals surface area (Å²) in [5.74, 6) is 1.54. The molecule has 24 heavy (non-hydrogen) atoms. The zero-order chi connectivity index (χ0) is 17.5. The van der Waals surface area contributed by atoms with Gasteiger partial charge in [0.2, 0.25) is 0 Å². The second-order valence-electron chi connectivity index (χ2n) is 6.67. The molecule has 1 aliphatic heterocycles. The van der Waals surface area contributed by atoms with Crippen LogP contribution in [0.25, 0.3) is 0 Å². The van der Waals surface area contributed by atoms with Crippen molar-refractivity contribution >= 4 is 0 Å². The first-order valence-electron chi connectivity index (χ1n) is 8.77. The highest BCUT2D eigenvalue weighted by Crippen LogP contribution is 2.25. The van der Waals surface area contributed by atoms with Gasteiger partial charge in [0.1, 0.15) is 11.5 Å². The Balaban J connectivity index is 1.83. The van der Waals surface area contributed by atoms with Crippen LogP contribution in [0.3, 0.4) is 0 Å². The number of piperidine rings is 1. The van der Waals surface area contributed by atoms with Crippen molar-refractivity contribution < 1.29 is 19.3 Å². The maximum Gasteiger partial charge on any atom is 0.124 e. The molecule has 1 saturated heterocycles. The minimum absolute atomic E-state index is 0.316. The molecule has 3 atom stereocenters. The Hall–Kier alpha value is -1.30. The van der Waals surface area contributed by atoms with Gasteiger partial charge in [0.25, 0.3) is 0 Å². The SMILES string of the molecule is COc1ccc(OC)c(COC[C@@H](O)CN2[C@@H](C)CCC[C@@H]2C)c1. The molecule has 0 aromatic heterocycles. The monoisotopic (exact) mass is 337 g/mol. The van der Waals surface area contributed by atoms with Crippen molar-refractivity contribution in [3.05, 3.63) is 23.8 Å². The molecule has 1 aliphatic rings. The van der Waals surface area contributed by atoms with E-state index in [2.05, 4.69) is 18.7 Å². The van der Waals surface area contributed by atoms with E-state index in [1.165, 1.54) is 19.3 Å². The van der Waals surface area contributed by atoms with E-state index in [4.69, 9.17) is 14.2 Å². The van der Waals surface area contributed by atoms with Crippen molar-refractivity contribution in [1.82, 2.24) is 4.90 Å². The minimum Gasteiger partial charge on any atom is -0.497 e. The summed E-state index contributed by atoms with van der Waals surface area (Å²) in [7, 11) is 3.27. The molecular formula is C19H31NO4. The Morgan fingerprint density at radius 1 is 1.17 bits per heavy atom. The molecular weight excluding hydrogens is 306 g/mol. The number of benzene rings is 1. The summed E-state index contributed by atoms with van der Waals surface area (Å²) in [5.41, 5.74) is 0.920. The molecule has 136 valence electrons. The van der Waals surface area contributed by atoms with Gasteiger partial charge in [-0.1, -0.05) is 6.42 Å². The topological polar surface area (TPSA) is 51.2 Å². The van der Waals surface area contributed by atoms with Crippen LogP contribution in [0.5, 0.6) is 11.5 Å². The summed E-state index contributed by atoms with van der Waals surface area (Å²) >= 11 is 0.